The van der Waals surface area contributed by atoms with Crippen LogP contribution in [0.25, 0.3) is 44.6 Å². The first-order valence-corrected chi connectivity index (χ1v) is 12.3. The van der Waals surface area contributed by atoms with Gasteiger partial charge in [0.25, 0.3) is 0 Å². The zero-order valence-electron chi connectivity index (χ0n) is 19.7. The lowest BCUT2D eigenvalue weighted by atomic mass is 9.94. The lowest BCUT2D eigenvalue weighted by Crippen LogP contribution is -2.14. The van der Waals surface area contributed by atoms with Gasteiger partial charge in [0.2, 0.25) is 0 Å². The van der Waals surface area contributed by atoms with Gasteiger partial charge in [0.15, 0.2) is 0 Å². The monoisotopic (exact) mass is 461 g/mol. The predicted molar refractivity (Wildman–Crippen MR) is 140 cm³/mol. The number of carboxylic acids is 1. The summed E-state index contributed by atoms with van der Waals surface area (Å²) in [6, 6.07) is 24.4. The van der Waals surface area contributed by atoms with Gasteiger partial charge in [0.1, 0.15) is 5.82 Å². The molecule has 0 unspecified atom stereocenters. The Bertz CT molecular complexity index is 1560. The number of benzene rings is 3. The molecule has 1 N–H and O–H groups in total. The van der Waals surface area contributed by atoms with Crippen LogP contribution in [0.1, 0.15) is 54.1 Å². The zero-order chi connectivity index (χ0) is 23.9. The summed E-state index contributed by atoms with van der Waals surface area (Å²) in [6.45, 7) is 2.13. The van der Waals surface area contributed by atoms with Gasteiger partial charge in [0, 0.05) is 22.6 Å². The summed E-state index contributed by atoms with van der Waals surface area (Å²) in [5.41, 5.74) is 7.25. The van der Waals surface area contributed by atoms with Gasteiger partial charge >= 0.3 is 5.97 Å². The maximum Gasteiger partial charge on any atom is 0.335 e. The van der Waals surface area contributed by atoms with Crippen LogP contribution in [0.4, 0.5) is 0 Å². The number of fused-ring (bicyclic) bond motifs is 2. The van der Waals surface area contributed by atoms with Crippen molar-refractivity contribution in [3.8, 4) is 22.6 Å². The van der Waals surface area contributed by atoms with Crippen LogP contribution in [-0.2, 0) is 0 Å². The van der Waals surface area contributed by atoms with Gasteiger partial charge in [-0.1, -0.05) is 49.6 Å². The van der Waals surface area contributed by atoms with Crippen molar-refractivity contribution in [2.45, 2.75) is 45.1 Å². The Labute approximate surface area is 204 Å². The third kappa shape index (κ3) is 3.87. The second-order valence-electron chi connectivity index (χ2n) is 9.53. The second kappa shape index (κ2) is 8.66. The van der Waals surface area contributed by atoms with Crippen molar-refractivity contribution < 1.29 is 9.90 Å². The Morgan fingerprint density at radius 3 is 2.43 bits per heavy atom. The molecular weight excluding hydrogens is 434 g/mol. The molecule has 3 aromatic carbocycles. The number of carbonyl (C=O) groups is 1. The van der Waals surface area contributed by atoms with Crippen molar-refractivity contribution in [1.29, 1.82) is 0 Å². The van der Waals surface area contributed by atoms with E-state index in [9.17, 15) is 9.90 Å². The molecule has 5 aromatic rings. The summed E-state index contributed by atoms with van der Waals surface area (Å²) in [7, 11) is 0. The molecule has 0 bridgehead atoms. The standard InChI is InChI=1S/C30H27N3O2/c1-19-16-26(20-8-4-2-5-9-20)31-25-14-12-21(17-24(19)25)29-32-27-18-22(30(34)35)13-15-28(27)33(29)23-10-6-3-7-11-23/h2,4-5,8-9,12-18,23H,3,6-7,10-11H2,1H3,(H,34,35). The Hall–Kier alpha value is -3.99. The van der Waals surface area contributed by atoms with Gasteiger partial charge < -0.3 is 9.67 Å². The van der Waals surface area contributed by atoms with Gasteiger partial charge in [-0.15, -0.1) is 0 Å². The minimum absolute atomic E-state index is 0.268. The molecule has 6 rings (SSSR count). The Balaban J connectivity index is 1.52. The molecule has 0 saturated heterocycles. The largest absolute Gasteiger partial charge is 0.478 e. The van der Waals surface area contributed by atoms with Crippen LogP contribution in [0.2, 0.25) is 0 Å². The predicted octanol–water partition coefficient (Wildman–Crippen LogP) is 7.43. The van der Waals surface area contributed by atoms with E-state index >= 15 is 0 Å². The van der Waals surface area contributed by atoms with Gasteiger partial charge in [-0.2, -0.15) is 0 Å². The number of aromatic nitrogens is 3. The Morgan fingerprint density at radius 1 is 0.857 bits per heavy atom. The lowest BCUT2D eigenvalue weighted by molar-refractivity contribution is 0.0697. The third-order valence-corrected chi connectivity index (χ3v) is 7.22. The first kappa shape index (κ1) is 21.5. The van der Waals surface area contributed by atoms with E-state index in [0.29, 0.717) is 6.04 Å². The summed E-state index contributed by atoms with van der Waals surface area (Å²) in [5, 5.41) is 10.6. The topological polar surface area (TPSA) is 68.0 Å². The Morgan fingerprint density at radius 2 is 1.66 bits per heavy atom. The number of aryl methyl sites for hydroxylation is 1. The average molecular weight is 462 g/mol. The van der Waals surface area contributed by atoms with E-state index in [-0.39, 0.29) is 5.56 Å². The molecule has 0 amide bonds. The van der Waals surface area contributed by atoms with Gasteiger partial charge in [0.05, 0.1) is 27.8 Å². The van der Waals surface area contributed by atoms with Crippen molar-refractivity contribution in [1.82, 2.24) is 14.5 Å². The fraction of sp³-hybridized carbons (Fsp3) is 0.233. The van der Waals surface area contributed by atoms with Gasteiger partial charge in [-0.3, -0.25) is 0 Å². The van der Waals surface area contributed by atoms with Crippen LogP contribution in [-0.4, -0.2) is 25.6 Å². The molecule has 5 heteroatoms. The molecule has 0 atom stereocenters. The highest BCUT2D eigenvalue weighted by molar-refractivity contribution is 5.94. The normalized spacial score (nSPS) is 14.5. The maximum absolute atomic E-state index is 11.6. The summed E-state index contributed by atoms with van der Waals surface area (Å²) in [4.78, 5) is 21.5. The van der Waals surface area contributed by atoms with Crippen molar-refractivity contribution in [2.24, 2.45) is 0 Å². The van der Waals surface area contributed by atoms with Crippen LogP contribution in [0.5, 0.6) is 0 Å². The molecule has 1 saturated carbocycles. The van der Waals surface area contributed by atoms with Crippen LogP contribution in [0.3, 0.4) is 0 Å². The first-order valence-electron chi connectivity index (χ1n) is 12.3. The zero-order valence-corrected chi connectivity index (χ0v) is 19.7. The fourth-order valence-corrected chi connectivity index (χ4v) is 5.43. The molecule has 0 radical (unpaired) electrons. The first-order chi connectivity index (χ1) is 17.1. The average Bonchev–Trinajstić information content (AvgIpc) is 3.28. The molecule has 2 heterocycles. The SMILES string of the molecule is Cc1cc(-c2ccccc2)nc2ccc(-c3nc4cc(C(=O)O)ccc4n3C3CCCCC3)cc12. The summed E-state index contributed by atoms with van der Waals surface area (Å²) >= 11 is 0. The molecule has 2 aromatic heterocycles. The number of carboxylic acid groups (broad SMARTS) is 1. The fourth-order valence-electron chi connectivity index (χ4n) is 5.43. The van der Waals surface area contributed by atoms with Crippen molar-refractivity contribution >= 4 is 27.9 Å². The molecule has 1 fully saturated rings. The van der Waals surface area contributed by atoms with Crippen LogP contribution in [0, 0.1) is 6.92 Å². The quantitative estimate of drug-likeness (QED) is 0.302. The van der Waals surface area contributed by atoms with E-state index in [1.54, 1.807) is 12.1 Å². The van der Waals surface area contributed by atoms with Gasteiger partial charge in [-0.05, 0) is 67.8 Å². The number of hydrogen-bond acceptors (Lipinski definition) is 3. The van der Waals surface area contributed by atoms with Crippen LogP contribution < -0.4 is 0 Å². The molecular formula is C30H27N3O2. The highest BCUT2D eigenvalue weighted by Gasteiger charge is 2.23. The number of imidazole rings is 1. The molecule has 1 aliphatic rings. The smallest absolute Gasteiger partial charge is 0.335 e. The van der Waals surface area contributed by atoms with E-state index in [0.717, 1.165) is 57.4 Å². The van der Waals surface area contributed by atoms with E-state index in [4.69, 9.17) is 9.97 Å². The Kier molecular flexibility index (Phi) is 5.33. The molecule has 5 nitrogen and oxygen atoms in total. The van der Waals surface area contributed by atoms with Crippen LogP contribution in [0.15, 0.2) is 72.8 Å². The lowest BCUT2D eigenvalue weighted by Gasteiger charge is -2.25. The van der Waals surface area contributed by atoms with Crippen molar-refractivity contribution in [2.75, 3.05) is 0 Å². The number of aromatic carboxylic acids is 1. The molecule has 174 valence electrons. The van der Waals surface area contributed by atoms with E-state index < -0.39 is 5.97 Å². The summed E-state index contributed by atoms with van der Waals surface area (Å²) in [6.07, 6.45) is 5.92. The molecule has 0 spiro atoms. The third-order valence-electron chi connectivity index (χ3n) is 7.22. The van der Waals surface area contributed by atoms with E-state index in [1.165, 1.54) is 24.8 Å². The summed E-state index contributed by atoms with van der Waals surface area (Å²) in [5.74, 6) is -0.0230. The molecule has 0 aliphatic heterocycles. The summed E-state index contributed by atoms with van der Waals surface area (Å²) < 4.78 is 2.35. The van der Waals surface area contributed by atoms with Crippen LogP contribution >= 0.6 is 0 Å². The van der Waals surface area contributed by atoms with E-state index in [1.807, 2.05) is 24.3 Å². The minimum Gasteiger partial charge on any atom is -0.478 e. The highest BCUT2D eigenvalue weighted by Crippen LogP contribution is 2.37. The number of rotatable bonds is 4. The van der Waals surface area contributed by atoms with Gasteiger partial charge in [-0.25, -0.2) is 14.8 Å². The van der Waals surface area contributed by atoms with Crippen molar-refractivity contribution in [3.63, 3.8) is 0 Å². The second-order valence-corrected chi connectivity index (χ2v) is 9.53. The highest BCUT2D eigenvalue weighted by atomic mass is 16.4. The van der Waals surface area contributed by atoms with Crippen molar-refractivity contribution in [3.05, 3.63) is 83.9 Å². The maximum atomic E-state index is 11.6. The molecule has 35 heavy (non-hydrogen) atoms. The number of pyridine rings is 1. The number of hydrogen-bond donors (Lipinski definition) is 1. The number of nitrogens with zero attached hydrogens (tertiary/aromatic N) is 3. The molecule has 1 aliphatic carbocycles. The van der Waals surface area contributed by atoms with E-state index in [2.05, 4.69) is 47.9 Å². The minimum atomic E-state index is -0.928.